The van der Waals surface area contributed by atoms with Crippen molar-refractivity contribution < 1.29 is 4.74 Å². The average Bonchev–Trinajstić information content (AvgIpc) is 2.61. The molecule has 0 fully saturated rings. The average molecular weight is 332 g/mol. The molecule has 2 atom stereocenters. The van der Waals surface area contributed by atoms with Crippen molar-refractivity contribution in [2.24, 2.45) is 7.05 Å². The Balaban J connectivity index is 2.84. The summed E-state index contributed by atoms with van der Waals surface area (Å²) >= 11 is 3.63. The van der Waals surface area contributed by atoms with Gasteiger partial charge in [0.25, 0.3) is 0 Å². The molecule has 1 N–H and O–H groups in total. The highest BCUT2D eigenvalue weighted by atomic mass is 79.9. The van der Waals surface area contributed by atoms with Crippen LogP contribution in [0.3, 0.4) is 0 Å². The topological polar surface area (TPSA) is 39.1 Å². The normalized spacial score (nSPS) is 14.6. The lowest BCUT2D eigenvalue weighted by molar-refractivity contribution is 0.0296. The number of ether oxygens (including phenoxy) is 1. The molecule has 4 nitrogen and oxygen atoms in total. The quantitative estimate of drug-likeness (QED) is 0.796. The molecular weight excluding hydrogens is 306 g/mol. The molecular formula is C14H26BrN3O. The second kappa shape index (κ2) is 8.02. The first kappa shape index (κ1) is 16.7. The van der Waals surface area contributed by atoms with Crippen molar-refractivity contribution in [2.75, 3.05) is 13.7 Å². The van der Waals surface area contributed by atoms with Crippen LogP contribution in [0, 0.1) is 6.92 Å². The third kappa shape index (κ3) is 4.29. The van der Waals surface area contributed by atoms with E-state index in [1.165, 1.54) is 5.69 Å². The zero-order chi connectivity index (χ0) is 14.4. The first-order chi connectivity index (χ1) is 9.04. The van der Waals surface area contributed by atoms with Crippen LogP contribution in [0.5, 0.6) is 0 Å². The second-order valence-electron chi connectivity index (χ2n) is 4.85. The van der Waals surface area contributed by atoms with Gasteiger partial charge in [0.1, 0.15) is 0 Å². The SMILES string of the molecule is CCCC(OCC)C(Cc1c(Br)c(C)nn1C)NC. The highest BCUT2D eigenvalue weighted by Crippen LogP contribution is 2.23. The van der Waals surface area contributed by atoms with Crippen LogP contribution in [0.1, 0.15) is 38.1 Å². The van der Waals surface area contributed by atoms with Gasteiger partial charge in [-0.15, -0.1) is 0 Å². The number of likely N-dealkylation sites (N-methyl/N-ethyl adjacent to an activating group) is 1. The Morgan fingerprint density at radius 3 is 2.53 bits per heavy atom. The summed E-state index contributed by atoms with van der Waals surface area (Å²) in [4.78, 5) is 0. The Hall–Kier alpha value is -0.390. The third-order valence-corrected chi connectivity index (χ3v) is 4.48. The van der Waals surface area contributed by atoms with E-state index < -0.39 is 0 Å². The van der Waals surface area contributed by atoms with E-state index in [1.807, 2.05) is 25.7 Å². The Labute approximate surface area is 125 Å². The van der Waals surface area contributed by atoms with Crippen LogP contribution in [0.15, 0.2) is 4.47 Å². The molecule has 0 amide bonds. The predicted octanol–water partition coefficient (Wildman–Crippen LogP) is 2.83. The number of nitrogens with one attached hydrogen (secondary N) is 1. The van der Waals surface area contributed by atoms with Gasteiger partial charge in [-0.3, -0.25) is 4.68 Å². The Morgan fingerprint density at radius 2 is 2.11 bits per heavy atom. The van der Waals surface area contributed by atoms with Crippen LogP contribution in [0.2, 0.25) is 0 Å². The first-order valence-corrected chi connectivity index (χ1v) is 7.81. The zero-order valence-electron chi connectivity index (χ0n) is 12.7. The summed E-state index contributed by atoms with van der Waals surface area (Å²) in [6.07, 6.45) is 3.38. The molecule has 2 unspecified atom stereocenters. The van der Waals surface area contributed by atoms with Gasteiger partial charge in [0.2, 0.25) is 0 Å². The predicted molar refractivity (Wildman–Crippen MR) is 82.5 cm³/mol. The van der Waals surface area contributed by atoms with E-state index in [2.05, 4.69) is 40.2 Å². The Bertz CT molecular complexity index is 386. The van der Waals surface area contributed by atoms with E-state index in [-0.39, 0.29) is 6.10 Å². The van der Waals surface area contributed by atoms with Crippen molar-refractivity contribution in [1.82, 2.24) is 15.1 Å². The molecule has 0 aliphatic heterocycles. The monoisotopic (exact) mass is 331 g/mol. The van der Waals surface area contributed by atoms with E-state index in [4.69, 9.17) is 4.74 Å². The van der Waals surface area contributed by atoms with Crippen molar-refractivity contribution in [3.8, 4) is 0 Å². The fraction of sp³-hybridized carbons (Fsp3) is 0.786. The lowest BCUT2D eigenvalue weighted by Crippen LogP contribution is -2.41. The maximum absolute atomic E-state index is 5.89. The smallest absolute Gasteiger partial charge is 0.0738 e. The lowest BCUT2D eigenvalue weighted by Gasteiger charge is -2.26. The van der Waals surface area contributed by atoms with Crippen molar-refractivity contribution in [2.45, 2.75) is 52.2 Å². The maximum atomic E-state index is 5.89. The van der Waals surface area contributed by atoms with Crippen LogP contribution in [0.25, 0.3) is 0 Å². The van der Waals surface area contributed by atoms with E-state index in [9.17, 15) is 0 Å². The number of hydrogen-bond donors (Lipinski definition) is 1. The number of nitrogens with zero attached hydrogens (tertiary/aromatic N) is 2. The summed E-state index contributed by atoms with van der Waals surface area (Å²) in [5.74, 6) is 0. The molecule has 1 aromatic heterocycles. The minimum Gasteiger partial charge on any atom is -0.377 e. The van der Waals surface area contributed by atoms with Crippen molar-refractivity contribution in [3.05, 3.63) is 15.9 Å². The molecule has 110 valence electrons. The molecule has 1 heterocycles. The first-order valence-electron chi connectivity index (χ1n) is 7.01. The Kier molecular flexibility index (Phi) is 7.04. The van der Waals surface area contributed by atoms with Gasteiger partial charge >= 0.3 is 0 Å². The molecule has 5 heteroatoms. The summed E-state index contributed by atoms with van der Waals surface area (Å²) in [6, 6.07) is 0.311. The molecule has 0 spiro atoms. The highest BCUT2D eigenvalue weighted by Gasteiger charge is 2.23. The molecule has 1 rings (SSSR count). The van der Waals surface area contributed by atoms with Crippen LogP contribution >= 0.6 is 15.9 Å². The van der Waals surface area contributed by atoms with Gasteiger partial charge in [-0.25, -0.2) is 0 Å². The van der Waals surface area contributed by atoms with Gasteiger partial charge in [0.05, 0.1) is 22.0 Å². The van der Waals surface area contributed by atoms with E-state index in [0.717, 1.165) is 36.0 Å². The molecule has 0 saturated heterocycles. The molecule has 19 heavy (non-hydrogen) atoms. The van der Waals surface area contributed by atoms with Crippen molar-refractivity contribution >= 4 is 15.9 Å². The van der Waals surface area contributed by atoms with Crippen LogP contribution < -0.4 is 5.32 Å². The van der Waals surface area contributed by atoms with E-state index in [0.29, 0.717) is 6.04 Å². The highest BCUT2D eigenvalue weighted by molar-refractivity contribution is 9.10. The Morgan fingerprint density at radius 1 is 1.42 bits per heavy atom. The van der Waals surface area contributed by atoms with Gasteiger partial charge in [0, 0.05) is 26.1 Å². The van der Waals surface area contributed by atoms with Gasteiger partial charge in [-0.1, -0.05) is 13.3 Å². The zero-order valence-corrected chi connectivity index (χ0v) is 14.2. The van der Waals surface area contributed by atoms with Crippen LogP contribution in [0.4, 0.5) is 0 Å². The number of rotatable bonds is 8. The van der Waals surface area contributed by atoms with Gasteiger partial charge in [0.15, 0.2) is 0 Å². The largest absolute Gasteiger partial charge is 0.377 e. The van der Waals surface area contributed by atoms with Gasteiger partial charge in [-0.2, -0.15) is 5.10 Å². The summed E-state index contributed by atoms with van der Waals surface area (Å²) in [5, 5.41) is 7.85. The van der Waals surface area contributed by atoms with Crippen LogP contribution in [-0.4, -0.2) is 35.6 Å². The molecule has 0 aromatic carbocycles. The summed E-state index contributed by atoms with van der Waals surface area (Å²) in [7, 11) is 4.00. The fourth-order valence-electron chi connectivity index (χ4n) is 2.43. The molecule has 0 saturated carbocycles. The third-order valence-electron chi connectivity index (χ3n) is 3.45. The second-order valence-corrected chi connectivity index (χ2v) is 5.64. The van der Waals surface area contributed by atoms with E-state index in [1.54, 1.807) is 0 Å². The molecule has 0 radical (unpaired) electrons. The number of aryl methyl sites for hydroxylation is 2. The maximum Gasteiger partial charge on any atom is 0.0738 e. The van der Waals surface area contributed by atoms with Gasteiger partial charge < -0.3 is 10.1 Å². The van der Waals surface area contributed by atoms with E-state index >= 15 is 0 Å². The minimum atomic E-state index is 0.252. The van der Waals surface area contributed by atoms with Crippen LogP contribution in [-0.2, 0) is 18.2 Å². The fourth-order valence-corrected chi connectivity index (χ4v) is 2.93. The summed E-state index contributed by atoms with van der Waals surface area (Å²) in [5.41, 5.74) is 2.26. The standard InChI is InChI=1S/C14H26BrN3O/c1-6-8-13(19-7-2)11(16-4)9-12-14(15)10(3)17-18(12)5/h11,13,16H,6-9H2,1-5H3. The molecule has 1 aromatic rings. The summed E-state index contributed by atoms with van der Waals surface area (Å²) in [6.45, 7) is 7.03. The van der Waals surface area contributed by atoms with Crippen molar-refractivity contribution in [3.63, 3.8) is 0 Å². The molecule has 0 aliphatic rings. The summed E-state index contributed by atoms with van der Waals surface area (Å²) < 4.78 is 8.96. The lowest BCUT2D eigenvalue weighted by atomic mass is 10.0. The number of aromatic nitrogens is 2. The number of halogens is 1. The van der Waals surface area contributed by atoms with Gasteiger partial charge in [-0.05, 0) is 43.2 Å². The molecule has 0 bridgehead atoms. The number of hydrogen-bond acceptors (Lipinski definition) is 3. The van der Waals surface area contributed by atoms with Crippen molar-refractivity contribution in [1.29, 1.82) is 0 Å². The molecule has 0 aliphatic carbocycles. The minimum absolute atomic E-state index is 0.252.